The van der Waals surface area contributed by atoms with Crippen LogP contribution in [0.25, 0.3) is 0 Å². The molecule has 0 bridgehead atoms. The molecule has 4 heteroatoms. The summed E-state index contributed by atoms with van der Waals surface area (Å²) >= 11 is 0. The topological polar surface area (TPSA) is 41.1 Å². The lowest BCUT2D eigenvalue weighted by molar-refractivity contribution is 0.616. The summed E-state index contributed by atoms with van der Waals surface area (Å²) in [5.41, 5.74) is 1.20. The SMILES string of the molecule is CCc1cnc(N2CCC(NC)C2)nc1. The van der Waals surface area contributed by atoms with Crippen molar-refractivity contribution in [2.45, 2.75) is 25.8 Å². The Bertz CT molecular complexity index is 309. The molecule has 15 heavy (non-hydrogen) atoms. The van der Waals surface area contributed by atoms with Gasteiger partial charge in [0.1, 0.15) is 0 Å². The Morgan fingerprint density at radius 2 is 2.20 bits per heavy atom. The average molecular weight is 206 g/mol. The van der Waals surface area contributed by atoms with Gasteiger partial charge in [-0.05, 0) is 25.5 Å². The second-order valence-electron chi connectivity index (χ2n) is 3.97. The molecule has 0 aromatic carbocycles. The molecule has 0 spiro atoms. The maximum atomic E-state index is 4.39. The van der Waals surface area contributed by atoms with E-state index in [1.165, 1.54) is 12.0 Å². The Balaban J connectivity index is 2.04. The summed E-state index contributed by atoms with van der Waals surface area (Å²) in [7, 11) is 2.01. The molecule has 1 fully saturated rings. The fraction of sp³-hybridized carbons (Fsp3) is 0.636. The Kier molecular flexibility index (Phi) is 3.16. The summed E-state index contributed by atoms with van der Waals surface area (Å²) < 4.78 is 0. The van der Waals surface area contributed by atoms with Gasteiger partial charge in [-0.2, -0.15) is 0 Å². The summed E-state index contributed by atoms with van der Waals surface area (Å²) in [5, 5.41) is 3.29. The van der Waals surface area contributed by atoms with Crippen molar-refractivity contribution in [3.8, 4) is 0 Å². The first-order chi connectivity index (χ1) is 7.33. The van der Waals surface area contributed by atoms with Crippen LogP contribution in [0.15, 0.2) is 12.4 Å². The Hall–Kier alpha value is -1.16. The van der Waals surface area contributed by atoms with Crippen LogP contribution >= 0.6 is 0 Å². The van der Waals surface area contributed by atoms with Crippen LogP contribution in [0.5, 0.6) is 0 Å². The first-order valence-electron chi connectivity index (χ1n) is 5.56. The third kappa shape index (κ3) is 2.26. The van der Waals surface area contributed by atoms with Gasteiger partial charge < -0.3 is 10.2 Å². The van der Waals surface area contributed by atoms with Crippen molar-refractivity contribution < 1.29 is 0 Å². The number of anilines is 1. The highest BCUT2D eigenvalue weighted by molar-refractivity contribution is 5.32. The standard InChI is InChI=1S/C11H18N4/c1-3-9-6-13-11(14-7-9)15-5-4-10(8-15)12-2/h6-7,10,12H,3-5,8H2,1-2H3. The number of hydrogen-bond acceptors (Lipinski definition) is 4. The van der Waals surface area contributed by atoms with E-state index in [4.69, 9.17) is 0 Å². The number of nitrogens with one attached hydrogen (secondary N) is 1. The quantitative estimate of drug-likeness (QED) is 0.795. The zero-order chi connectivity index (χ0) is 10.7. The number of rotatable bonds is 3. The average Bonchev–Trinajstić information content (AvgIpc) is 2.78. The molecule has 1 aromatic heterocycles. The normalized spacial score (nSPS) is 20.9. The van der Waals surface area contributed by atoms with E-state index in [-0.39, 0.29) is 0 Å². The second kappa shape index (κ2) is 4.57. The van der Waals surface area contributed by atoms with Crippen LogP contribution in [-0.2, 0) is 6.42 Å². The molecule has 1 saturated heterocycles. The van der Waals surface area contributed by atoms with Gasteiger partial charge in [-0.15, -0.1) is 0 Å². The molecule has 1 aliphatic heterocycles. The van der Waals surface area contributed by atoms with Crippen LogP contribution in [0.4, 0.5) is 5.95 Å². The fourth-order valence-corrected chi connectivity index (χ4v) is 1.87. The molecule has 4 nitrogen and oxygen atoms in total. The predicted molar refractivity (Wildman–Crippen MR) is 61.1 cm³/mol. The third-order valence-electron chi connectivity index (χ3n) is 2.98. The molecule has 0 radical (unpaired) electrons. The molecular weight excluding hydrogens is 188 g/mol. The second-order valence-corrected chi connectivity index (χ2v) is 3.97. The molecule has 0 aliphatic carbocycles. The largest absolute Gasteiger partial charge is 0.339 e. The molecule has 1 aromatic rings. The van der Waals surface area contributed by atoms with Crippen molar-refractivity contribution in [1.29, 1.82) is 0 Å². The smallest absolute Gasteiger partial charge is 0.225 e. The summed E-state index contributed by atoms with van der Waals surface area (Å²) in [4.78, 5) is 11.0. The Morgan fingerprint density at radius 1 is 1.47 bits per heavy atom. The molecule has 0 saturated carbocycles. The highest BCUT2D eigenvalue weighted by Gasteiger charge is 2.22. The summed E-state index contributed by atoms with van der Waals surface area (Å²) in [5.74, 6) is 0.866. The van der Waals surface area contributed by atoms with E-state index in [2.05, 4.69) is 27.1 Å². The molecule has 0 amide bonds. The maximum Gasteiger partial charge on any atom is 0.225 e. The van der Waals surface area contributed by atoms with Crippen LogP contribution in [0.1, 0.15) is 18.9 Å². The highest BCUT2D eigenvalue weighted by Crippen LogP contribution is 2.15. The zero-order valence-corrected chi connectivity index (χ0v) is 9.40. The van der Waals surface area contributed by atoms with Gasteiger partial charge in [-0.3, -0.25) is 0 Å². The van der Waals surface area contributed by atoms with Crippen molar-refractivity contribution in [1.82, 2.24) is 15.3 Å². The van der Waals surface area contributed by atoms with Gasteiger partial charge >= 0.3 is 0 Å². The highest BCUT2D eigenvalue weighted by atomic mass is 15.3. The Labute approximate surface area is 90.7 Å². The van der Waals surface area contributed by atoms with Crippen molar-refractivity contribution in [2.24, 2.45) is 0 Å². The van der Waals surface area contributed by atoms with E-state index < -0.39 is 0 Å². The van der Waals surface area contributed by atoms with Gasteiger partial charge in [0.25, 0.3) is 0 Å². The lowest BCUT2D eigenvalue weighted by Crippen LogP contribution is -2.30. The Morgan fingerprint density at radius 3 is 2.73 bits per heavy atom. The number of aryl methyl sites for hydroxylation is 1. The van der Waals surface area contributed by atoms with Crippen molar-refractivity contribution in [3.63, 3.8) is 0 Å². The van der Waals surface area contributed by atoms with E-state index in [1.807, 2.05) is 19.4 Å². The van der Waals surface area contributed by atoms with E-state index in [9.17, 15) is 0 Å². The van der Waals surface area contributed by atoms with Crippen molar-refractivity contribution >= 4 is 5.95 Å². The van der Waals surface area contributed by atoms with Crippen LogP contribution < -0.4 is 10.2 Å². The number of aromatic nitrogens is 2. The molecule has 2 rings (SSSR count). The van der Waals surface area contributed by atoms with Gasteiger partial charge in [-0.1, -0.05) is 6.92 Å². The molecule has 1 unspecified atom stereocenters. The molecule has 1 aliphatic rings. The van der Waals surface area contributed by atoms with Gasteiger partial charge in [0, 0.05) is 31.5 Å². The summed E-state index contributed by atoms with van der Waals surface area (Å²) in [6.07, 6.45) is 6.03. The first-order valence-corrected chi connectivity index (χ1v) is 5.56. The van der Waals surface area contributed by atoms with Gasteiger partial charge in [0.05, 0.1) is 0 Å². The van der Waals surface area contributed by atoms with Gasteiger partial charge in [0.2, 0.25) is 5.95 Å². The van der Waals surface area contributed by atoms with Crippen LogP contribution in [0.3, 0.4) is 0 Å². The van der Waals surface area contributed by atoms with E-state index >= 15 is 0 Å². The van der Waals surface area contributed by atoms with Gasteiger partial charge in [-0.25, -0.2) is 9.97 Å². The minimum atomic E-state index is 0.583. The minimum absolute atomic E-state index is 0.583. The van der Waals surface area contributed by atoms with E-state index in [0.717, 1.165) is 25.5 Å². The first kappa shape index (κ1) is 10.4. The van der Waals surface area contributed by atoms with Gasteiger partial charge in [0.15, 0.2) is 0 Å². The lowest BCUT2D eigenvalue weighted by Gasteiger charge is -2.15. The third-order valence-corrected chi connectivity index (χ3v) is 2.98. The number of likely N-dealkylation sites (N-methyl/N-ethyl adjacent to an activating group) is 1. The van der Waals surface area contributed by atoms with Crippen molar-refractivity contribution in [3.05, 3.63) is 18.0 Å². The van der Waals surface area contributed by atoms with Crippen LogP contribution in [0, 0.1) is 0 Å². The van der Waals surface area contributed by atoms with Crippen LogP contribution in [0.2, 0.25) is 0 Å². The van der Waals surface area contributed by atoms with Crippen LogP contribution in [-0.4, -0.2) is 36.1 Å². The zero-order valence-electron chi connectivity index (χ0n) is 9.40. The minimum Gasteiger partial charge on any atom is -0.339 e. The monoisotopic (exact) mass is 206 g/mol. The molecular formula is C11H18N4. The number of hydrogen-bond donors (Lipinski definition) is 1. The fourth-order valence-electron chi connectivity index (χ4n) is 1.87. The summed E-state index contributed by atoms with van der Waals surface area (Å²) in [6.45, 7) is 4.18. The number of nitrogens with zero attached hydrogens (tertiary/aromatic N) is 3. The lowest BCUT2D eigenvalue weighted by atomic mass is 10.3. The molecule has 1 N–H and O–H groups in total. The molecule has 1 atom stereocenters. The summed E-state index contributed by atoms with van der Waals surface area (Å²) in [6, 6.07) is 0.583. The van der Waals surface area contributed by atoms with Crippen molar-refractivity contribution in [2.75, 3.05) is 25.0 Å². The molecule has 2 heterocycles. The predicted octanol–water partition coefficient (Wildman–Crippen LogP) is 0.837. The van der Waals surface area contributed by atoms with E-state index in [1.54, 1.807) is 0 Å². The maximum absolute atomic E-state index is 4.39. The van der Waals surface area contributed by atoms with E-state index in [0.29, 0.717) is 6.04 Å². The molecule has 82 valence electrons.